The molecule has 0 unspecified atom stereocenters. The molecule has 1 amide bonds. The summed E-state index contributed by atoms with van der Waals surface area (Å²) in [5.41, 5.74) is 7.00. The number of aromatic nitrogens is 1. The van der Waals surface area contributed by atoms with Gasteiger partial charge in [0.1, 0.15) is 11.9 Å². The molecule has 0 aliphatic heterocycles. The smallest absolute Gasteiger partial charge is 0.229 e. The summed E-state index contributed by atoms with van der Waals surface area (Å²) in [6.07, 6.45) is 1.52. The van der Waals surface area contributed by atoms with Gasteiger partial charge in [-0.2, -0.15) is 5.26 Å². The molecular formula is C14H11ClN4O. The van der Waals surface area contributed by atoms with Crippen LogP contribution in [0.3, 0.4) is 0 Å². The number of nitrogens with zero attached hydrogens (tertiary/aromatic N) is 3. The summed E-state index contributed by atoms with van der Waals surface area (Å²) in [7, 11) is 0. The second kappa shape index (κ2) is 5.59. The minimum atomic E-state index is -0.241. The van der Waals surface area contributed by atoms with Crippen molar-refractivity contribution in [3.8, 4) is 6.07 Å². The van der Waals surface area contributed by atoms with E-state index in [4.69, 9.17) is 22.6 Å². The Bertz CT molecular complexity index is 709. The lowest BCUT2D eigenvalue weighted by atomic mass is 10.2. The van der Waals surface area contributed by atoms with E-state index in [0.717, 1.165) is 0 Å². The predicted molar refractivity (Wildman–Crippen MR) is 77.6 cm³/mol. The summed E-state index contributed by atoms with van der Waals surface area (Å²) in [4.78, 5) is 17.4. The second-order valence-electron chi connectivity index (χ2n) is 4.08. The zero-order valence-electron chi connectivity index (χ0n) is 10.7. The van der Waals surface area contributed by atoms with Gasteiger partial charge in [0, 0.05) is 24.9 Å². The third-order valence-electron chi connectivity index (χ3n) is 2.64. The van der Waals surface area contributed by atoms with Gasteiger partial charge < -0.3 is 5.73 Å². The first-order valence-corrected chi connectivity index (χ1v) is 6.12. The molecular weight excluding hydrogens is 276 g/mol. The van der Waals surface area contributed by atoms with E-state index in [1.807, 2.05) is 6.07 Å². The van der Waals surface area contributed by atoms with Gasteiger partial charge in [0.2, 0.25) is 5.91 Å². The van der Waals surface area contributed by atoms with E-state index in [2.05, 4.69) is 4.98 Å². The molecule has 0 spiro atoms. The zero-order valence-corrected chi connectivity index (χ0v) is 11.4. The summed E-state index contributed by atoms with van der Waals surface area (Å²) >= 11 is 5.89. The van der Waals surface area contributed by atoms with E-state index < -0.39 is 0 Å². The number of carbonyl (C=O) groups is 1. The Hall–Kier alpha value is -2.58. The Kier molecular flexibility index (Phi) is 3.87. The van der Waals surface area contributed by atoms with Gasteiger partial charge in [-0.25, -0.2) is 4.98 Å². The van der Waals surface area contributed by atoms with Gasteiger partial charge in [-0.05, 0) is 24.3 Å². The number of hydrogen-bond acceptors (Lipinski definition) is 4. The molecule has 0 fully saturated rings. The summed E-state index contributed by atoms with van der Waals surface area (Å²) in [6.45, 7) is 1.41. The molecule has 0 saturated carbocycles. The number of hydrogen-bond donors (Lipinski definition) is 1. The lowest BCUT2D eigenvalue weighted by Crippen LogP contribution is -2.23. The van der Waals surface area contributed by atoms with Crippen molar-refractivity contribution in [3.63, 3.8) is 0 Å². The summed E-state index contributed by atoms with van der Waals surface area (Å²) in [5.74, 6) is 0.151. The van der Waals surface area contributed by atoms with Crippen LogP contribution in [0.1, 0.15) is 12.5 Å². The summed E-state index contributed by atoms with van der Waals surface area (Å²) in [6, 6.07) is 9.94. The number of benzene rings is 1. The summed E-state index contributed by atoms with van der Waals surface area (Å²) < 4.78 is 0. The van der Waals surface area contributed by atoms with Crippen LogP contribution in [0.5, 0.6) is 0 Å². The number of amides is 1. The van der Waals surface area contributed by atoms with Crippen molar-refractivity contribution in [2.45, 2.75) is 6.92 Å². The number of pyridine rings is 1. The van der Waals surface area contributed by atoms with Crippen LogP contribution in [0.15, 0.2) is 36.5 Å². The Labute approximate surface area is 121 Å². The van der Waals surface area contributed by atoms with Gasteiger partial charge in [0.15, 0.2) is 0 Å². The average molecular weight is 287 g/mol. The highest BCUT2D eigenvalue weighted by Crippen LogP contribution is 2.28. The Balaban J connectivity index is 2.55. The van der Waals surface area contributed by atoms with Gasteiger partial charge in [0.25, 0.3) is 0 Å². The third-order valence-corrected chi connectivity index (χ3v) is 2.97. The molecule has 0 bridgehead atoms. The van der Waals surface area contributed by atoms with Gasteiger partial charge in [0.05, 0.1) is 16.3 Å². The van der Waals surface area contributed by atoms with Gasteiger partial charge in [-0.1, -0.05) is 11.6 Å². The number of carbonyl (C=O) groups excluding carboxylic acids is 1. The minimum absolute atomic E-state index is 0.241. The molecule has 0 radical (unpaired) electrons. The van der Waals surface area contributed by atoms with Gasteiger partial charge in [-0.3, -0.25) is 9.69 Å². The number of nitriles is 1. The van der Waals surface area contributed by atoms with Crippen LogP contribution in [-0.4, -0.2) is 10.9 Å². The first kappa shape index (κ1) is 13.8. The monoisotopic (exact) mass is 286 g/mol. The lowest BCUT2D eigenvalue weighted by Gasteiger charge is -2.20. The molecule has 6 heteroatoms. The predicted octanol–water partition coefficient (Wildman–Crippen LogP) is 2.87. The topological polar surface area (TPSA) is 83.0 Å². The molecule has 0 aliphatic carbocycles. The number of anilines is 3. The molecule has 0 saturated heterocycles. The average Bonchev–Trinajstić information content (AvgIpc) is 2.40. The number of nitrogen functional groups attached to an aromatic ring is 1. The van der Waals surface area contributed by atoms with Crippen LogP contribution in [0.2, 0.25) is 5.02 Å². The molecule has 0 atom stereocenters. The molecule has 1 heterocycles. The molecule has 1 aromatic heterocycles. The van der Waals surface area contributed by atoms with Crippen LogP contribution in [0.4, 0.5) is 17.2 Å². The van der Waals surface area contributed by atoms with E-state index >= 15 is 0 Å². The van der Waals surface area contributed by atoms with Gasteiger partial charge in [-0.15, -0.1) is 0 Å². The van der Waals surface area contributed by atoms with Crippen molar-refractivity contribution >= 4 is 34.7 Å². The lowest BCUT2D eigenvalue weighted by molar-refractivity contribution is -0.115. The van der Waals surface area contributed by atoms with E-state index in [1.165, 1.54) is 24.1 Å². The SMILES string of the molecule is CC(=O)N(c1ccc(Cl)c(C#N)c1)c1cc(N)ccn1. The maximum atomic E-state index is 11.9. The van der Waals surface area contributed by atoms with E-state index in [-0.39, 0.29) is 5.91 Å². The largest absolute Gasteiger partial charge is 0.399 e. The standard InChI is InChI=1S/C14H11ClN4O/c1-9(20)19(14-7-11(17)4-5-18-14)12-2-3-13(15)10(6-12)8-16/h2-7H,1H3,(H2,17,18). The van der Waals surface area contributed by atoms with E-state index in [0.29, 0.717) is 27.8 Å². The fourth-order valence-corrected chi connectivity index (χ4v) is 1.93. The number of halogens is 1. The molecule has 0 aliphatic rings. The molecule has 2 rings (SSSR count). The van der Waals surface area contributed by atoms with Gasteiger partial charge >= 0.3 is 0 Å². The third kappa shape index (κ3) is 2.71. The highest BCUT2D eigenvalue weighted by Gasteiger charge is 2.17. The Morgan fingerprint density at radius 2 is 2.15 bits per heavy atom. The van der Waals surface area contributed by atoms with Crippen LogP contribution >= 0.6 is 11.6 Å². The minimum Gasteiger partial charge on any atom is -0.399 e. The van der Waals surface area contributed by atoms with Crippen LogP contribution in [0, 0.1) is 11.3 Å². The first-order chi connectivity index (χ1) is 9.52. The maximum absolute atomic E-state index is 11.9. The summed E-state index contributed by atoms with van der Waals surface area (Å²) in [5, 5.41) is 9.34. The van der Waals surface area contributed by atoms with Crippen molar-refractivity contribution in [3.05, 3.63) is 47.1 Å². The Morgan fingerprint density at radius 3 is 2.75 bits per heavy atom. The fraction of sp³-hybridized carbons (Fsp3) is 0.0714. The normalized spacial score (nSPS) is 9.85. The second-order valence-corrected chi connectivity index (χ2v) is 4.48. The van der Waals surface area contributed by atoms with Crippen molar-refractivity contribution in [2.24, 2.45) is 0 Å². The van der Waals surface area contributed by atoms with Crippen LogP contribution in [0.25, 0.3) is 0 Å². The molecule has 100 valence electrons. The van der Waals surface area contributed by atoms with E-state index in [1.54, 1.807) is 24.3 Å². The maximum Gasteiger partial charge on any atom is 0.229 e. The fourth-order valence-electron chi connectivity index (χ4n) is 1.77. The van der Waals surface area contributed by atoms with Crippen LogP contribution < -0.4 is 10.6 Å². The highest BCUT2D eigenvalue weighted by molar-refractivity contribution is 6.31. The highest BCUT2D eigenvalue weighted by atomic mass is 35.5. The molecule has 2 N–H and O–H groups in total. The first-order valence-electron chi connectivity index (χ1n) is 5.75. The van der Waals surface area contributed by atoms with Crippen LogP contribution in [-0.2, 0) is 4.79 Å². The quantitative estimate of drug-likeness (QED) is 0.920. The number of nitrogens with two attached hydrogens (primary N) is 1. The molecule has 2 aromatic rings. The van der Waals surface area contributed by atoms with Crippen molar-refractivity contribution < 1.29 is 4.79 Å². The zero-order chi connectivity index (χ0) is 14.7. The van der Waals surface area contributed by atoms with Crippen molar-refractivity contribution in [2.75, 3.05) is 10.6 Å². The molecule has 1 aromatic carbocycles. The molecule has 20 heavy (non-hydrogen) atoms. The van der Waals surface area contributed by atoms with Crippen molar-refractivity contribution in [1.29, 1.82) is 5.26 Å². The van der Waals surface area contributed by atoms with Crippen molar-refractivity contribution in [1.82, 2.24) is 4.98 Å². The molecule has 5 nitrogen and oxygen atoms in total. The number of rotatable bonds is 2. The Morgan fingerprint density at radius 1 is 1.40 bits per heavy atom. The van der Waals surface area contributed by atoms with E-state index in [9.17, 15) is 4.79 Å².